The zero-order chi connectivity index (χ0) is 24.8. The Hall–Kier alpha value is -3.86. The molecule has 5 aromatic rings. The number of aromatic nitrogens is 6. The predicted octanol–water partition coefficient (Wildman–Crippen LogP) is 4.87. The lowest BCUT2D eigenvalue weighted by atomic mass is 10.1. The number of nitrogens with one attached hydrogen (secondary N) is 2. The standard InChI is InChI=1S/C25H22ClN9S/c1-3-14(29-20(4-2)35-11-13(27)12-35)15-5-6-17-22(30-15)24(34-33-17)25-31-16-9-10-28-23(21(16)32-25)18-7-8-19(26)36-18/h3-10,13H,2,11-12,27H2,1H3,(H,31,32)(H,33,34)/b14-3-,29-20?. The molecule has 0 aliphatic carbocycles. The van der Waals surface area contributed by atoms with Crippen LogP contribution in [0.25, 0.3) is 49.9 Å². The molecule has 0 atom stereocenters. The number of nitrogens with zero attached hydrogens (tertiary/aromatic N) is 6. The van der Waals surface area contributed by atoms with Crippen LogP contribution in [0.3, 0.4) is 0 Å². The average molecular weight is 516 g/mol. The molecule has 1 saturated heterocycles. The normalized spacial score (nSPS) is 15.1. The number of amidine groups is 1. The van der Waals surface area contributed by atoms with Crippen LogP contribution in [0.5, 0.6) is 0 Å². The van der Waals surface area contributed by atoms with Gasteiger partial charge in [0.15, 0.2) is 11.5 Å². The van der Waals surface area contributed by atoms with Crippen LogP contribution in [-0.4, -0.2) is 60.0 Å². The summed E-state index contributed by atoms with van der Waals surface area (Å²) in [5.74, 6) is 1.38. The summed E-state index contributed by atoms with van der Waals surface area (Å²) < 4.78 is 0.702. The molecule has 0 saturated carbocycles. The van der Waals surface area contributed by atoms with Gasteiger partial charge in [-0.2, -0.15) is 5.10 Å². The van der Waals surface area contributed by atoms with E-state index in [4.69, 9.17) is 32.3 Å². The van der Waals surface area contributed by atoms with Crippen molar-refractivity contribution in [1.29, 1.82) is 0 Å². The van der Waals surface area contributed by atoms with Gasteiger partial charge in [-0.3, -0.25) is 10.1 Å². The minimum Gasteiger partial charge on any atom is -0.353 e. The molecule has 6 rings (SSSR count). The summed E-state index contributed by atoms with van der Waals surface area (Å²) in [4.78, 5) is 25.5. The fourth-order valence-electron chi connectivity index (χ4n) is 4.21. The number of H-pyrrole nitrogens is 2. The van der Waals surface area contributed by atoms with Gasteiger partial charge in [0, 0.05) is 25.3 Å². The van der Waals surface area contributed by atoms with Crippen molar-refractivity contribution in [2.45, 2.75) is 13.0 Å². The number of aromatic amines is 2. The molecule has 4 N–H and O–H groups in total. The zero-order valence-corrected chi connectivity index (χ0v) is 20.9. The SMILES string of the molecule is C=CC(=N/C(=C\C)c1ccc2[nH]nc(-c3nc4c(-c5ccc(Cl)s5)nccc4[nH]3)c2n1)N1CC(N)C1. The van der Waals surface area contributed by atoms with E-state index in [1.807, 2.05) is 43.3 Å². The summed E-state index contributed by atoms with van der Waals surface area (Å²) in [6, 6.07) is 9.74. The van der Waals surface area contributed by atoms with Gasteiger partial charge in [0.1, 0.15) is 22.6 Å². The highest BCUT2D eigenvalue weighted by molar-refractivity contribution is 7.19. The number of allylic oxidation sites excluding steroid dienone is 1. The number of nitrogens with two attached hydrogens (primary N) is 1. The number of fused-ring (bicyclic) bond motifs is 2. The fraction of sp³-hybridized carbons (Fsp3) is 0.160. The zero-order valence-electron chi connectivity index (χ0n) is 19.4. The first-order valence-electron chi connectivity index (χ1n) is 11.4. The first-order valence-corrected chi connectivity index (χ1v) is 12.6. The van der Waals surface area contributed by atoms with E-state index in [-0.39, 0.29) is 6.04 Å². The van der Waals surface area contributed by atoms with Gasteiger partial charge in [-0.1, -0.05) is 24.3 Å². The third-order valence-electron chi connectivity index (χ3n) is 6.03. The van der Waals surface area contributed by atoms with Gasteiger partial charge in [-0.25, -0.2) is 15.0 Å². The summed E-state index contributed by atoms with van der Waals surface area (Å²) in [5.41, 5.74) is 11.9. The van der Waals surface area contributed by atoms with Crippen molar-refractivity contribution in [2.24, 2.45) is 10.7 Å². The second kappa shape index (κ2) is 8.98. The smallest absolute Gasteiger partial charge is 0.161 e. The van der Waals surface area contributed by atoms with Crippen molar-refractivity contribution in [3.63, 3.8) is 0 Å². The van der Waals surface area contributed by atoms with Crippen LogP contribution in [0.2, 0.25) is 4.34 Å². The number of halogens is 1. The molecule has 1 aliphatic rings. The first-order chi connectivity index (χ1) is 17.5. The second-order valence-electron chi connectivity index (χ2n) is 8.42. The largest absolute Gasteiger partial charge is 0.353 e. The van der Waals surface area contributed by atoms with Crippen LogP contribution in [0, 0.1) is 0 Å². The lowest BCUT2D eigenvalue weighted by molar-refractivity contribution is 0.256. The highest BCUT2D eigenvalue weighted by Gasteiger charge is 2.25. The lowest BCUT2D eigenvalue weighted by Crippen LogP contribution is -2.57. The van der Waals surface area contributed by atoms with Crippen molar-refractivity contribution in [3.05, 3.63) is 65.3 Å². The maximum Gasteiger partial charge on any atom is 0.161 e. The summed E-state index contributed by atoms with van der Waals surface area (Å²) in [6.45, 7) is 7.38. The Bertz CT molecular complexity index is 1670. The molecule has 1 fully saturated rings. The average Bonchev–Trinajstić information content (AvgIpc) is 3.60. The second-order valence-corrected chi connectivity index (χ2v) is 10.1. The lowest BCUT2D eigenvalue weighted by Gasteiger charge is -2.38. The number of rotatable bonds is 5. The van der Waals surface area contributed by atoms with E-state index >= 15 is 0 Å². The van der Waals surface area contributed by atoms with Gasteiger partial charge in [0.05, 0.1) is 31.6 Å². The summed E-state index contributed by atoms with van der Waals surface area (Å²) in [7, 11) is 0. The Kier molecular flexibility index (Phi) is 5.63. The highest BCUT2D eigenvalue weighted by atomic mass is 35.5. The number of hydrogen-bond acceptors (Lipinski definition) is 7. The molecular weight excluding hydrogens is 494 g/mol. The van der Waals surface area contributed by atoms with Gasteiger partial charge in [-0.15, -0.1) is 11.3 Å². The highest BCUT2D eigenvalue weighted by Crippen LogP contribution is 2.35. The minimum absolute atomic E-state index is 0.170. The van der Waals surface area contributed by atoms with E-state index in [0.717, 1.165) is 57.4 Å². The Labute approximate surface area is 215 Å². The minimum atomic E-state index is 0.170. The van der Waals surface area contributed by atoms with Crippen LogP contribution in [-0.2, 0) is 0 Å². The number of hydrogen-bond donors (Lipinski definition) is 3. The summed E-state index contributed by atoms with van der Waals surface area (Å²) in [5, 5.41) is 7.58. The molecule has 1 aliphatic heterocycles. The fourth-order valence-corrected chi connectivity index (χ4v) is 5.26. The molecular formula is C25H22ClN9S. The van der Waals surface area contributed by atoms with E-state index in [1.165, 1.54) is 11.3 Å². The monoisotopic (exact) mass is 515 g/mol. The third kappa shape index (κ3) is 3.89. The maximum atomic E-state index is 6.15. The Morgan fingerprint density at radius 3 is 2.72 bits per heavy atom. The van der Waals surface area contributed by atoms with Crippen molar-refractivity contribution in [1.82, 2.24) is 35.0 Å². The van der Waals surface area contributed by atoms with Crippen LogP contribution >= 0.6 is 22.9 Å². The first kappa shape index (κ1) is 22.6. The number of aliphatic imine (C=N–C) groups is 1. The van der Waals surface area contributed by atoms with Crippen molar-refractivity contribution < 1.29 is 0 Å². The van der Waals surface area contributed by atoms with Crippen LogP contribution < -0.4 is 5.73 Å². The maximum absolute atomic E-state index is 6.15. The molecule has 180 valence electrons. The van der Waals surface area contributed by atoms with E-state index in [2.05, 4.69) is 31.6 Å². The van der Waals surface area contributed by atoms with Crippen LogP contribution in [0.1, 0.15) is 12.6 Å². The summed E-state index contributed by atoms with van der Waals surface area (Å²) >= 11 is 7.62. The van der Waals surface area contributed by atoms with Gasteiger partial charge >= 0.3 is 0 Å². The van der Waals surface area contributed by atoms with Crippen molar-refractivity contribution >= 4 is 56.5 Å². The van der Waals surface area contributed by atoms with Gasteiger partial charge in [-0.05, 0) is 43.3 Å². The van der Waals surface area contributed by atoms with E-state index < -0.39 is 0 Å². The molecule has 5 aromatic heterocycles. The molecule has 0 aromatic carbocycles. The Morgan fingerprint density at radius 2 is 2.00 bits per heavy atom. The number of thiophene rings is 1. The summed E-state index contributed by atoms with van der Waals surface area (Å²) in [6.07, 6.45) is 5.44. The molecule has 0 bridgehead atoms. The molecule has 11 heteroatoms. The van der Waals surface area contributed by atoms with Crippen molar-refractivity contribution in [3.8, 4) is 22.1 Å². The number of pyridine rings is 2. The van der Waals surface area contributed by atoms with E-state index in [9.17, 15) is 0 Å². The van der Waals surface area contributed by atoms with Gasteiger partial charge < -0.3 is 15.6 Å². The third-order valence-corrected chi connectivity index (χ3v) is 7.26. The van der Waals surface area contributed by atoms with E-state index in [0.29, 0.717) is 21.4 Å². The molecule has 36 heavy (non-hydrogen) atoms. The Morgan fingerprint density at radius 1 is 1.17 bits per heavy atom. The van der Waals surface area contributed by atoms with Crippen molar-refractivity contribution in [2.75, 3.05) is 13.1 Å². The molecule has 9 nitrogen and oxygen atoms in total. The molecule has 0 amide bonds. The Balaban J connectivity index is 1.41. The van der Waals surface area contributed by atoms with Crippen LogP contribution in [0.4, 0.5) is 0 Å². The molecule has 0 spiro atoms. The topological polar surface area (TPSA) is 125 Å². The van der Waals surface area contributed by atoms with Gasteiger partial charge in [0.2, 0.25) is 0 Å². The number of imidazole rings is 1. The molecule has 0 unspecified atom stereocenters. The molecule has 0 radical (unpaired) electrons. The van der Waals surface area contributed by atoms with Gasteiger partial charge in [0.25, 0.3) is 0 Å². The quantitative estimate of drug-likeness (QED) is 0.226. The number of likely N-dealkylation sites (tertiary alicyclic amines) is 1. The van der Waals surface area contributed by atoms with Crippen LogP contribution in [0.15, 0.2) is 60.3 Å². The van der Waals surface area contributed by atoms with E-state index in [1.54, 1.807) is 12.3 Å². The predicted molar refractivity (Wildman–Crippen MR) is 146 cm³/mol. The molecule has 6 heterocycles.